The minimum absolute atomic E-state index is 0.209. The minimum atomic E-state index is -0.692. The quantitative estimate of drug-likeness (QED) is 0.179. The lowest BCUT2D eigenvalue weighted by atomic mass is 9.96. The number of carbonyl (C=O) groups is 1. The summed E-state index contributed by atoms with van der Waals surface area (Å²) in [5.74, 6) is 1.54. The highest BCUT2D eigenvalue weighted by molar-refractivity contribution is 7.07. The van der Waals surface area contributed by atoms with Gasteiger partial charge in [0.2, 0.25) is 0 Å². The molecule has 43 heavy (non-hydrogen) atoms. The van der Waals surface area contributed by atoms with Crippen LogP contribution in [0, 0.1) is 6.92 Å². The number of hydrogen-bond donors (Lipinski definition) is 0. The van der Waals surface area contributed by atoms with Gasteiger partial charge in [-0.15, -0.1) is 0 Å². The van der Waals surface area contributed by atoms with Gasteiger partial charge in [-0.05, 0) is 86.0 Å². The summed E-state index contributed by atoms with van der Waals surface area (Å²) < 4.78 is 24.4. The number of nitrogens with zero attached hydrogens (tertiary/aromatic N) is 2. The summed E-state index contributed by atoms with van der Waals surface area (Å²) in [4.78, 5) is 32.1. The Morgan fingerprint density at radius 1 is 1.00 bits per heavy atom. The molecule has 1 aliphatic rings. The fourth-order valence-electron chi connectivity index (χ4n) is 4.76. The van der Waals surface area contributed by atoms with E-state index in [-0.39, 0.29) is 12.2 Å². The van der Waals surface area contributed by atoms with Crippen molar-refractivity contribution < 1.29 is 23.7 Å². The van der Waals surface area contributed by atoms with Crippen LogP contribution in [-0.2, 0) is 9.53 Å². The number of fused-ring (bicyclic) bond motifs is 1. The Hall–Kier alpha value is -4.34. The van der Waals surface area contributed by atoms with Gasteiger partial charge in [0.25, 0.3) is 5.56 Å². The number of carbonyl (C=O) groups excluding carboxylic acids is 1. The van der Waals surface area contributed by atoms with Crippen LogP contribution < -0.4 is 29.1 Å². The van der Waals surface area contributed by atoms with Gasteiger partial charge in [0.1, 0.15) is 30.5 Å². The van der Waals surface area contributed by atoms with Gasteiger partial charge in [0.05, 0.1) is 35.6 Å². The van der Waals surface area contributed by atoms with Gasteiger partial charge in [0, 0.05) is 5.02 Å². The number of benzene rings is 3. The van der Waals surface area contributed by atoms with Crippen molar-refractivity contribution in [3.8, 4) is 17.2 Å². The molecule has 0 aliphatic carbocycles. The maximum Gasteiger partial charge on any atom is 0.338 e. The molecule has 0 radical (unpaired) electrons. The molecule has 2 heterocycles. The smallest absolute Gasteiger partial charge is 0.338 e. The molecule has 0 N–H and O–H groups in total. The Bertz CT molecular complexity index is 1860. The number of allylic oxidation sites excluding steroid dienone is 1. The number of ether oxygens (including phenoxy) is 4. The molecule has 1 atom stereocenters. The summed E-state index contributed by atoms with van der Waals surface area (Å²) in [5.41, 5.74) is 3.07. The van der Waals surface area contributed by atoms with E-state index < -0.39 is 12.0 Å². The molecule has 0 bridgehead atoms. The molecule has 0 unspecified atom stereocenters. The second kappa shape index (κ2) is 13.3. The number of methoxy groups -OCH3 is 1. The van der Waals surface area contributed by atoms with Crippen molar-refractivity contribution in [3.05, 3.63) is 119 Å². The zero-order valence-electron chi connectivity index (χ0n) is 24.3. The average molecular weight is 619 g/mol. The van der Waals surface area contributed by atoms with Crippen LogP contribution in [0.5, 0.6) is 17.2 Å². The molecular formula is C33H31ClN2O6S. The molecule has 0 amide bonds. The van der Waals surface area contributed by atoms with E-state index in [1.165, 1.54) is 11.3 Å². The topological polar surface area (TPSA) is 88.4 Å². The Morgan fingerprint density at radius 3 is 2.37 bits per heavy atom. The number of thiazole rings is 1. The molecule has 222 valence electrons. The first kappa shape index (κ1) is 30.1. The van der Waals surface area contributed by atoms with E-state index in [0.717, 1.165) is 22.4 Å². The summed E-state index contributed by atoms with van der Waals surface area (Å²) in [6.07, 6.45) is 1.80. The van der Waals surface area contributed by atoms with E-state index in [4.69, 9.17) is 30.5 Å². The molecule has 0 fully saturated rings. The zero-order chi connectivity index (χ0) is 30.5. The van der Waals surface area contributed by atoms with Crippen molar-refractivity contribution in [3.63, 3.8) is 0 Å². The van der Waals surface area contributed by atoms with Gasteiger partial charge in [-0.2, -0.15) is 0 Å². The maximum atomic E-state index is 13.9. The Morgan fingerprint density at radius 2 is 1.70 bits per heavy atom. The average Bonchev–Trinajstić information content (AvgIpc) is 3.30. The van der Waals surface area contributed by atoms with E-state index in [1.807, 2.05) is 55.5 Å². The van der Waals surface area contributed by atoms with Gasteiger partial charge in [-0.1, -0.05) is 47.2 Å². The van der Waals surface area contributed by atoms with Crippen LogP contribution in [0.2, 0.25) is 5.02 Å². The fourth-order valence-corrected chi connectivity index (χ4v) is 5.93. The van der Waals surface area contributed by atoms with Crippen LogP contribution in [0.25, 0.3) is 6.08 Å². The van der Waals surface area contributed by atoms with Crippen molar-refractivity contribution in [2.24, 2.45) is 4.99 Å². The SMILES string of the molecule is CCOC(=O)C1=C(C)N=c2s/c(=C\c3cccc(OCCOc4ccc(Cl)c(C)c4)c3)c(=O)n2[C@@H]1c1ccc(OC)cc1. The van der Waals surface area contributed by atoms with E-state index in [1.54, 1.807) is 49.8 Å². The van der Waals surface area contributed by atoms with Crippen LogP contribution in [-0.4, -0.2) is 37.5 Å². The predicted molar refractivity (Wildman–Crippen MR) is 167 cm³/mol. The zero-order valence-corrected chi connectivity index (χ0v) is 25.8. The summed E-state index contributed by atoms with van der Waals surface area (Å²) in [7, 11) is 1.59. The summed E-state index contributed by atoms with van der Waals surface area (Å²) >= 11 is 7.35. The largest absolute Gasteiger partial charge is 0.497 e. The first-order chi connectivity index (χ1) is 20.8. The highest BCUT2D eigenvalue weighted by Gasteiger charge is 2.33. The van der Waals surface area contributed by atoms with Crippen molar-refractivity contribution in [1.82, 2.24) is 4.57 Å². The number of rotatable bonds is 10. The predicted octanol–water partition coefficient (Wildman–Crippen LogP) is 5.23. The maximum absolute atomic E-state index is 13.9. The molecule has 1 aliphatic heterocycles. The van der Waals surface area contributed by atoms with E-state index >= 15 is 0 Å². The van der Waals surface area contributed by atoms with Gasteiger partial charge in [-0.25, -0.2) is 9.79 Å². The molecule has 0 spiro atoms. The Kier molecular flexibility index (Phi) is 9.33. The normalized spacial score (nSPS) is 14.6. The molecule has 0 saturated carbocycles. The first-order valence-corrected chi connectivity index (χ1v) is 14.9. The first-order valence-electron chi connectivity index (χ1n) is 13.7. The number of esters is 1. The van der Waals surface area contributed by atoms with Crippen LogP contribution >= 0.6 is 22.9 Å². The van der Waals surface area contributed by atoms with Gasteiger partial charge in [0.15, 0.2) is 4.80 Å². The third kappa shape index (κ3) is 6.68. The molecular weight excluding hydrogens is 588 g/mol. The third-order valence-corrected chi connectivity index (χ3v) is 8.26. The van der Waals surface area contributed by atoms with E-state index in [9.17, 15) is 9.59 Å². The molecule has 10 heteroatoms. The van der Waals surface area contributed by atoms with Crippen LogP contribution in [0.3, 0.4) is 0 Å². The van der Waals surface area contributed by atoms with Gasteiger partial charge >= 0.3 is 5.97 Å². The summed E-state index contributed by atoms with van der Waals surface area (Å²) in [5, 5.41) is 0.693. The Balaban J connectivity index is 1.42. The number of aromatic nitrogens is 1. The van der Waals surface area contributed by atoms with Crippen LogP contribution in [0.4, 0.5) is 0 Å². The summed E-state index contributed by atoms with van der Waals surface area (Å²) in [6, 6.07) is 19.6. The van der Waals surface area contributed by atoms with Crippen LogP contribution in [0.15, 0.2) is 87.8 Å². The monoisotopic (exact) mass is 618 g/mol. The second-order valence-corrected chi connectivity index (χ2v) is 11.2. The lowest BCUT2D eigenvalue weighted by Crippen LogP contribution is -2.39. The molecule has 0 saturated heterocycles. The molecule has 8 nitrogen and oxygen atoms in total. The minimum Gasteiger partial charge on any atom is -0.497 e. The summed E-state index contributed by atoms with van der Waals surface area (Å²) in [6.45, 7) is 6.34. The van der Waals surface area contributed by atoms with Gasteiger partial charge < -0.3 is 18.9 Å². The van der Waals surface area contributed by atoms with Crippen molar-refractivity contribution in [2.45, 2.75) is 26.8 Å². The van der Waals surface area contributed by atoms with Crippen molar-refractivity contribution in [2.75, 3.05) is 26.9 Å². The molecule has 3 aromatic carbocycles. The molecule has 5 rings (SSSR count). The standard InChI is InChI=1S/C33H31ClN2O6S/c1-5-40-32(38)29-21(3)35-33-36(30(29)23-9-11-24(39-4)12-10-23)31(37)28(43-33)19-22-7-6-8-25(18-22)41-15-16-42-26-13-14-27(34)20(2)17-26/h6-14,17-19,30H,5,15-16H2,1-4H3/b28-19-/t30-/m1/s1. The second-order valence-electron chi connectivity index (χ2n) is 9.76. The molecule has 1 aromatic heterocycles. The third-order valence-electron chi connectivity index (χ3n) is 6.85. The molecule has 4 aromatic rings. The number of halogens is 1. The number of aryl methyl sites for hydroxylation is 1. The van der Waals surface area contributed by atoms with Crippen molar-refractivity contribution in [1.29, 1.82) is 0 Å². The van der Waals surface area contributed by atoms with E-state index in [0.29, 0.717) is 50.3 Å². The number of hydrogen-bond acceptors (Lipinski definition) is 8. The van der Waals surface area contributed by atoms with Gasteiger partial charge in [-0.3, -0.25) is 9.36 Å². The van der Waals surface area contributed by atoms with Crippen LogP contribution in [0.1, 0.15) is 36.6 Å². The lowest BCUT2D eigenvalue weighted by Gasteiger charge is -2.24. The highest BCUT2D eigenvalue weighted by atomic mass is 35.5. The fraction of sp³-hybridized carbons (Fsp3) is 0.242. The Labute approximate surface area is 258 Å². The van der Waals surface area contributed by atoms with E-state index in [2.05, 4.69) is 4.99 Å². The lowest BCUT2D eigenvalue weighted by molar-refractivity contribution is -0.139. The van der Waals surface area contributed by atoms with Crippen molar-refractivity contribution >= 4 is 35.0 Å². The highest BCUT2D eigenvalue weighted by Crippen LogP contribution is 2.31.